The van der Waals surface area contributed by atoms with Crippen LogP contribution in [-0.2, 0) is 14.3 Å². The summed E-state index contributed by atoms with van der Waals surface area (Å²) >= 11 is 0. The van der Waals surface area contributed by atoms with Crippen molar-refractivity contribution in [2.24, 2.45) is 28.1 Å². The number of ether oxygens (including phenoxy) is 2. The number of hydrogen-bond donors (Lipinski definition) is 6. The Morgan fingerprint density at radius 2 is 1.86 bits per heavy atom. The number of carboxylic acid groups (broad SMARTS) is 1. The molecule has 9 nitrogen and oxygen atoms in total. The molecular formula is C26H42O9. The zero-order chi connectivity index (χ0) is 25.6. The Bertz CT molecular complexity index is 815. The predicted molar refractivity (Wildman–Crippen MR) is 125 cm³/mol. The molecule has 3 fully saturated rings. The van der Waals surface area contributed by atoms with Crippen LogP contribution in [0.4, 0.5) is 0 Å². The minimum absolute atomic E-state index is 0.0325. The third-order valence-corrected chi connectivity index (χ3v) is 9.87. The molecule has 3 aliphatic carbocycles. The first-order valence-electron chi connectivity index (χ1n) is 13.0. The summed E-state index contributed by atoms with van der Waals surface area (Å²) in [6.07, 6.45) is 2.36. The average Bonchev–Trinajstić information content (AvgIpc) is 2.82. The number of carbonyl (C=O) groups is 1. The van der Waals surface area contributed by atoms with Gasteiger partial charge in [-0.2, -0.15) is 0 Å². The summed E-state index contributed by atoms with van der Waals surface area (Å²) in [7, 11) is 0. The number of allylic oxidation sites excluding steroid dienone is 2. The number of hydrogen-bond acceptors (Lipinski definition) is 8. The molecule has 9 heteroatoms. The van der Waals surface area contributed by atoms with E-state index >= 15 is 0 Å². The number of aliphatic hydroxyl groups is 5. The Kier molecular flexibility index (Phi) is 7.71. The van der Waals surface area contributed by atoms with Crippen molar-refractivity contribution in [3.63, 3.8) is 0 Å². The monoisotopic (exact) mass is 498 g/mol. The third-order valence-electron chi connectivity index (χ3n) is 9.87. The van der Waals surface area contributed by atoms with Crippen LogP contribution in [-0.4, -0.2) is 87.1 Å². The Morgan fingerprint density at radius 3 is 2.51 bits per heavy atom. The van der Waals surface area contributed by atoms with E-state index in [0.717, 1.165) is 32.1 Å². The van der Waals surface area contributed by atoms with E-state index in [1.807, 2.05) is 0 Å². The van der Waals surface area contributed by atoms with Crippen molar-refractivity contribution in [1.29, 1.82) is 0 Å². The lowest BCUT2D eigenvalue weighted by molar-refractivity contribution is -0.302. The molecule has 2 saturated carbocycles. The highest BCUT2D eigenvalue weighted by Gasteiger charge is 2.60. The fraction of sp³-hybridized carbons (Fsp3) is 0.885. The maximum Gasteiger partial charge on any atom is 0.312 e. The first-order valence-corrected chi connectivity index (χ1v) is 13.0. The Labute approximate surface area is 206 Å². The summed E-state index contributed by atoms with van der Waals surface area (Å²) in [5.41, 5.74) is 0.145. The van der Waals surface area contributed by atoms with E-state index in [2.05, 4.69) is 19.9 Å². The first kappa shape index (κ1) is 27.0. The fourth-order valence-corrected chi connectivity index (χ4v) is 7.65. The van der Waals surface area contributed by atoms with Crippen molar-refractivity contribution >= 4 is 5.97 Å². The number of aliphatic hydroxyl groups excluding tert-OH is 5. The maximum absolute atomic E-state index is 12.3. The lowest BCUT2D eigenvalue weighted by Gasteiger charge is -2.59. The zero-order valence-electron chi connectivity index (χ0n) is 20.8. The number of carboxylic acids is 1. The minimum atomic E-state index is -1.45. The molecule has 0 unspecified atom stereocenters. The summed E-state index contributed by atoms with van der Waals surface area (Å²) in [5.74, 6) is -0.635. The van der Waals surface area contributed by atoms with Crippen molar-refractivity contribution < 1.29 is 44.9 Å². The molecule has 4 aliphatic rings. The van der Waals surface area contributed by atoms with E-state index in [1.165, 1.54) is 5.57 Å². The second-order valence-electron chi connectivity index (χ2n) is 11.9. The van der Waals surface area contributed by atoms with Gasteiger partial charge in [0.15, 0.2) is 6.29 Å². The second-order valence-corrected chi connectivity index (χ2v) is 11.9. The van der Waals surface area contributed by atoms with Crippen molar-refractivity contribution in [3.8, 4) is 0 Å². The molecule has 0 spiro atoms. The van der Waals surface area contributed by atoms with E-state index in [9.17, 15) is 35.4 Å². The highest BCUT2D eigenvalue weighted by atomic mass is 16.7. The van der Waals surface area contributed by atoms with Gasteiger partial charge in [0, 0.05) is 0 Å². The molecule has 1 heterocycles. The van der Waals surface area contributed by atoms with Crippen LogP contribution in [0.25, 0.3) is 0 Å². The normalized spacial score (nSPS) is 48.0. The standard InChI is InChI=1S/C26H42O9/c1-24(10-11-34-22-21(31)20(30)19(29)17(13-27)35-22)9-6-16-15(12-24)4-5-18-25(16,2)7-3-8-26(18,14-28)23(32)33/h4,16-22,27-31H,3,5-14H2,1-2H3,(H,32,33)/t16-,17+,18+,19+,20-,21-,22-,24+,25+,26+/m0/s1. The number of rotatable bonds is 7. The van der Waals surface area contributed by atoms with Crippen LogP contribution in [0.3, 0.4) is 0 Å². The van der Waals surface area contributed by atoms with E-state index in [1.54, 1.807) is 0 Å². The van der Waals surface area contributed by atoms with Gasteiger partial charge in [0.1, 0.15) is 24.4 Å². The minimum Gasteiger partial charge on any atom is -0.481 e. The van der Waals surface area contributed by atoms with Gasteiger partial charge in [-0.3, -0.25) is 4.79 Å². The summed E-state index contributed by atoms with van der Waals surface area (Å²) in [6.45, 7) is 3.93. The van der Waals surface area contributed by atoms with Crippen LogP contribution in [0, 0.1) is 28.1 Å². The van der Waals surface area contributed by atoms with E-state index in [4.69, 9.17) is 9.47 Å². The molecular weight excluding hydrogens is 456 g/mol. The van der Waals surface area contributed by atoms with Crippen molar-refractivity contribution in [3.05, 3.63) is 11.6 Å². The van der Waals surface area contributed by atoms with Crippen LogP contribution in [0.5, 0.6) is 0 Å². The van der Waals surface area contributed by atoms with Gasteiger partial charge in [0.2, 0.25) is 0 Å². The van der Waals surface area contributed by atoms with Gasteiger partial charge < -0.3 is 40.1 Å². The highest BCUT2D eigenvalue weighted by Crippen LogP contribution is 2.64. The van der Waals surface area contributed by atoms with Crippen molar-refractivity contribution in [2.75, 3.05) is 19.8 Å². The van der Waals surface area contributed by atoms with Crippen molar-refractivity contribution in [1.82, 2.24) is 0 Å². The summed E-state index contributed by atoms with van der Waals surface area (Å²) < 4.78 is 11.2. The molecule has 10 atom stereocenters. The van der Waals surface area contributed by atoms with Crippen LogP contribution in [0.1, 0.15) is 65.2 Å². The first-order chi connectivity index (χ1) is 16.5. The highest BCUT2D eigenvalue weighted by molar-refractivity contribution is 5.75. The smallest absolute Gasteiger partial charge is 0.312 e. The van der Waals surface area contributed by atoms with Gasteiger partial charge in [0.25, 0.3) is 0 Å². The second kappa shape index (κ2) is 10.0. The lowest BCUT2D eigenvalue weighted by Crippen LogP contribution is -2.59. The van der Waals surface area contributed by atoms with E-state index in [0.29, 0.717) is 31.8 Å². The quantitative estimate of drug-likeness (QED) is 0.284. The molecule has 0 radical (unpaired) electrons. The van der Waals surface area contributed by atoms with Gasteiger partial charge >= 0.3 is 5.97 Å². The predicted octanol–water partition coefficient (Wildman–Crippen LogP) is 1.20. The van der Waals surface area contributed by atoms with Gasteiger partial charge in [-0.25, -0.2) is 0 Å². The molecule has 0 aromatic heterocycles. The average molecular weight is 499 g/mol. The van der Waals surface area contributed by atoms with Crippen LogP contribution >= 0.6 is 0 Å². The van der Waals surface area contributed by atoms with Crippen LogP contribution in [0.15, 0.2) is 11.6 Å². The molecule has 0 aromatic carbocycles. The molecule has 0 amide bonds. The molecule has 4 rings (SSSR count). The van der Waals surface area contributed by atoms with Crippen molar-refractivity contribution in [2.45, 2.75) is 95.9 Å². The topological polar surface area (TPSA) is 157 Å². The summed E-state index contributed by atoms with van der Waals surface area (Å²) in [4.78, 5) is 12.3. The maximum atomic E-state index is 12.3. The number of fused-ring (bicyclic) bond motifs is 3. The Balaban J connectivity index is 1.41. The van der Waals surface area contributed by atoms with Crippen LogP contribution < -0.4 is 0 Å². The van der Waals surface area contributed by atoms with Gasteiger partial charge in [-0.05, 0) is 67.6 Å². The molecule has 35 heavy (non-hydrogen) atoms. The van der Waals surface area contributed by atoms with Gasteiger partial charge in [-0.1, -0.05) is 31.9 Å². The van der Waals surface area contributed by atoms with E-state index in [-0.39, 0.29) is 23.4 Å². The molecule has 1 saturated heterocycles. The summed E-state index contributed by atoms with van der Waals surface area (Å²) in [6, 6.07) is 0. The van der Waals surface area contributed by atoms with Crippen LogP contribution in [0.2, 0.25) is 0 Å². The SMILES string of the molecule is C[C@]1(CCO[C@H]2O[C@H](CO)[C@@H](O)[C@H](O)[C@@H]2O)CC[C@H]2C(=CC[C@H]3[C@@](CO)(C(=O)O)CCC[C@]23C)C1. The molecule has 200 valence electrons. The molecule has 6 N–H and O–H groups in total. The number of aliphatic carboxylic acids is 1. The fourth-order valence-electron chi connectivity index (χ4n) is 7.65. The summed E-state index contributed by atoms with van der Waals surface area (Å²) in [5, 5.41) is 59.7. The molecule has 0 aromatic rings. The van der Waals surface area contributed by atoms with Gasteiger partial charge in [0.05, 0.1) is 25.2 Å². The van der Waals surface area contributed by atoms with E-state index < -0.39 is 48.7 Å². The molecule has 0 bridgehead atoms. The van der Waals surface area contributed by atoms with Gasteiger partial charge in [-0.15, -0.1) is 0 Å². The largest absolute Gasteiger partial charge is 0.481 e. The zero-order valence-corrected chi connectivity index (χ0v) is 20.8. The Hall–Kier alpha value is -1.07. The Morgan fingerprint density at radius 1 is 1.11 bits per heavy atom. The third kappa shape index (κ3) is 4.58. The lowest BCUT2D eigenvalue weighted by atomic mass is 9.45. The molecule has 1 aliphatic heterocycles.